The van der Waals surface area contributed by atoms with Crippen LogP contribution < -0.4 is 14.8 Å². The summed E-state index contributed by atoms with van der Waals surface area (Å²) in [4.78, 5) is 0. The van der Waals surface area contributed by atoms with E-state index in [-0.39, 0.29) is 5.82 Å². The summed E-state index contributed by atoms with van der Waals surface area (Å²) in [6, 6.07) is 18.1. The summed E-state index contributed by atoms with van der Waals surface area (Å²) in [7, 11) is 0. The summed E-state index contributed by atoms with van der Waals surface area (Å²) in [6.07, 6.45) is 0. The minimum absolute atomic E-state index is 0.266. The van der Waals surface area contributed by atoms with Gasteiger partial charge in [-0.05, 0) is 55.3 Å². The predicted octanol–water partition coefficient (Wildman–Crippen LogP) is 6.38. The van der Waals surface area contributed by atoms with Crippen LogP contribution in [0.3, 0.4) is 0 Å². The zero-order valence-corrected chi connectivity index (χ0v) is 16.7. The van der Waals surface area contributed by atoms with Crippen molar-refractivity contribution >= 4 is 17.3 Å². The van der Waals surface area contributed by atoms with Crippen molar-refractivity contribution in [1.29, 1.82) is 0 Å². The molecule has 0 saturated carbocycles. The fourth-order valence-electron chi connectivity index (χ4n) is 2.70. The van der Waals surface area contributed by atoms with E-state index in [0.29, 0.717) is 36.3 Å². The molecule has 0 aliphatic rings. The molecule has 0 amide bonds. The maximum absolute atomic E-state index is 13.0. The third-order valence-electron chi connectivity index (χ3n) is 4.25. The highest BCUT2D eigenvalue weighted by atomic mass is 35.5. The molecule has 3 aromatic carbocycles. The number of ether oxygens (including phenoxy) is 2. The molecule has 3 nitrogen and oxygen atoms in total. The Bertz CT molecular complexity index is 911. The van der Waals surface area contributed by atoms with Crippen molar-refractivity contribution in [2.75, 3.05) is 11.9 Å². The Labute approximate surface area is 170 Å². The molecule has 146 valence electrons. The van der Waals surface area contributed by atoms with Gasteiger partial charge in [0.15, 0.2) is 11.5 Å². The number of nitrogens with one attached hydrogen (secondary N) is 1. The second-order valence-electron chi connectivity index (χ2n) is 6.46. The van der Waals surface area contributed by atoms with Crippen LogP contribution in [0.1, 0.15) is 23.6 Å². The number of aryl methyl sites for hydroxylation is 1. The molecule has 0 aromatic heterocycles. The van der Waals surface area contributed by atoms with E-state index in [9.17, 15) is 4.39 Å². The second-order valence-corrected chi connectivity index (χ2v) is 6.87. The molecular formula is C23H23ClFNO2. The van der Waals surface area contributed by atoms with Crippen LogP contribution in [0.2, 0.25) is 5.02 Å². The quantitative estimate of drug-likeness (QED) is 0.477. The third-order valence-corrected chi connectivity index (χ3v) is 4.61. The van der Waals surface area contributed by atoms with Crippen LogP contribution in [0.25, 0.3) is 0 Å². The zero-order valence-electron chi connectivity index (χ0n) is 16.0. The van der Waals surface area contributed by atoms with Gasteiger partial charge in [0.1, 0.15) is 12.4 Å². The molecule has 0 bridgehead atoms. The molecule has 3 rings (SSSR count). The lowest BCUT2D eigenvalue weighted by atomic mass is 10.1. The summed E-state index contributed by atoms with van der Waals surface area (Å²) in [5.41, 5.74) is 3.97. The summed E-state index contributed by atoms with van der Waals surface area (Å²) in [5.74, 6) is 0.991. The Balaban J connectivity index is 1.72. The highest BCUT2D eigenvalue weighted by Crippen LogP contribution is 2.34. The minimum atomic E-state index is -0.266. The molecule has 0 heterocycles. The van der Waals surface area contributed by atoms with Crippen LogP contribution in [0.15, 0.2) is 60.7 Å². The van der Waals surface area contributed by atoms with Gasteiger partial charge in [-0.15, -0.1) is 0 Å². The van der Waals surface area contributed by atoms with Crippen LogP contribution in [0.5, 0.6) is 11.5 Å². The van der Waals surface area contributed by atoms with E-state index in [1.165, 1.54) is 17.7 Å². The Morgan fingerprint density at radius 2 is 1.61 bits per heavy atom. The number of rotatable bonds is 8. The van der Waals surface area contributed by atoms with Crippen LogP contribution in [-0.4, -0.2) is 6.61 Å². The molecule has 0 atom stereocenters. The molecule has 1 N–H and O–H groups in total. The molecule has 3 aromatic rings. The summed E-state index contributed by atoms with van der Waals surface area (Å²) in [6.45, 7) is 5.42. The van der Waals surface area contributed by atoms with E-state index in [2.05, 4.69) is 24.4 Å². The summed E-state index contributed by atoms with van der Waals surface area (Å²) < 4.78 is 24.7. The smallest absolute Gasteiger partial charge is 0.163 e. The fraction of sp³-hybridized carbons (Fsp3) is 0.217. The molecule has 0 unspecified atom stereocenters. The van der Waals surface area contributed by atoms with Gasteiger partial charge in [0.25, 0.3) is 0 Å². The van der Waals surface area contributed by atoms with Crippen molar-refractivity contribution in [3.63, 3.8) is 0 Å². The van der Waals surface area contributed by atoms with Crippen molar-refractivity contribution in [2.45, 2.75) is 27.0 Å². The topological polar surface area (TPSA) is 30.5 Å². The average molecular weight is 400 g/mol. The van der Waals surface area contributed by atoms with Gasteiger partial charge in [0, 0.05) is 23.3 Å². The molecule has 0 fully saturated rings. The molecule has 28 heavy (non-hydrogen) atoms. The van der Waals surface area contributed by atoms with E-state index in [1.807, 2.05) is 25.1 Å². The molecule has 0 saturated heterocycles. The molecule has 0 spiro atoms. The fourth-order valence-corrected chi connectivity index (χ4v) is 2.92. The number of halogens is 2. The number of hydrogen-bond acceptors (Lipinski definition) is 3. The van der Waals surface area contributed by atoms with Gasteiger partial charge >= 0.3 is 0 Å². The van der Waals surface area contributed by atoms with E-state index >= 15 is 0 Å². The maximum atomic E-state index is 13.0. The first-order chi connectivity index (χ1) is 13.5. The van der Waals surface area contributed by atoms with Crippen molar-refractivity contribution in [2.24, 2.45) is 0 Å². The molecule has 0 aliphatic heterocycles. The van der Waals surface area contributed by atoms with Crippen molar-refractivity contribution in [3.05, 3.63) is 88.2 Å². The van der Waals surface area contributed by atoms with Gasteiger partial charge < -0.3 is 14.8 Å². The van der Waals surface area contributed by atoms with Crippen LogP contribution >= 0.6 is 11.6 Å². The highest BCUT2D eigenvalue weighted by molar-refractivity contribution is 6.31. The van der Waals surface area contributed by atoms with Gasteiger partial charge in [-0.1, -0.05) is 41.4 Å². The first-order valence-electron chi connectivity index (χ1n) is 9.18. The molecular weight excluding hydrogens is 377 g/mol. The lowest BCUT2D eigenvalue weighted by Crippen LogP contribution is -2.04. The van der Waals surface area contributed by atoms with E-state index in [0.717, 1.165) is 16.8 Å². The lowest BCUT2D eigenvalue weighted by Gasteiger charge is -2.16. The molecule has 5 heteroatoms. The van der Waals surface area contributed by atoms with Crippen molar-refractivity contribution < 1.29 is 13.9 Å². The minimum Gasteiger partial charge on any atom is -0.490 e. The van der Waals surface area contributed by atoms with Gasteiger partial charge in [0.05, 0.1) is 6.61 Å². The van der Waals surface area contributed by atoms with Crippen molar-refractivity contribution in [3.8, 4) is 11.5 Å². The second kappa shape index (κ2) is 9.47. The highest BCUT2D eigenvalue weighted by Gasteiger charge is 2.12. The van der Waals surface area contributed by atoms with Crippen LogP contribution in [0, 0.1) is 12.7 Å². The first kappa shape index (κ1) is 20.0. The maximum Gasteiger partial charge on any atom is 0.163 e. The Hall–Kier alpha value is -2.72. The van der Waals surface area contributed by atoms with Gasteiger partial charge in [-0.2, -0.15) is 0 Å². The normalized spacial score (nSPS) is 10.6. The number of benzene rings is 3. The Kier molecular flexibility index (Phi) is 6.77. The van der Waals surface area contributed by atoms with Gasteiger partial charge in [-0.25, -0.2) is 4.39 Å². The van der Waals surface area contributed by atoms with Crippen LogP contribution in [-0.2, 0) is 13.2 Å². The van der Waals surface area contributed by atoms with Gasteiger partial charge in [0.2, 0.25) is 0 Å². The Morgan fingerprint density at radius 3 is 2.29 bits per heavy atom. The monoisotopic (exact) mass is 399 g/mol. The van der Waals surface area contributed by atoms with Crippen LogP contribution in [0.4, 0.5) is 10.1 Å². The SMILES string of the molecule is CCOc1cc(CNc2ccc(F)cc2)c(Cl)cc1OCc1ccc(C)cc1. The predicted molar refractivity (Wildman–Crippen MR) is 112 cm³/mol. The number of hydrogen-bond donors (Lipinski definition) is 1. The lowest BCUT2D eigenvalue weighted by molar-refractivity contribution is 0.269. The van der Waals surface area contributed by atoms with E-state index in [4.69, 9.17) is 21.1 Å². The third kappa shape index (κ3) is 5.40. The molecule has 0 radical (unpaired) electrons. The van der Waals surface area contributed by atoms with E-state index < -0.39 is 0 Å². The standard InChI is InChI=1S/C23H23ClFNO2/c1-3-27-22-12-18(14-26-20-10-8-19(25)9-11-20)21(24)13-23(22)28-15-17-6-4-16(2)5-7-17/h4-13,26H,3,14-15H2,1-2H3. The first-order valence-corrected chi connectivity index (χ1v) is 9.56. The Morgan fingerprint density at radius 1 is 0.929 bits per heavy atom. The zero-order chi connectivity index (χ0) is 19.9. The largest absolute Gasteiger partial charge is 0.490 e. The number of anilines is 1. The summed E-state index contributed by atoms with van der Waals surface area (Å²) >= 11 is 6.46. The van der Waals surface area contributed by atoms with E-state index in [1.54, 1.807) is 18.2 Å². The van der Waals surface area contributed by atoms with Gasteiger partial charge in [-0.3, -0.25) is 0 Å². The molecule has 0 aliphatic carbocycles. The van der Waals surface area contributed by atoms with Crippen molar-refractivity contribution in [1.82, 2.24) is 0 Å². The average Bonchev–Trinajstić information content (AvgIpc) is 2.69. The summed E-state index contributed by atoms with van der Waals surface area (Å²) in [5, 5.41) is 3.81.